The summed E-state index contributed by atoms with van der Waals surface area (Å²) in [6.07, 6.45) is 0.484. The third-order valence-corrected chi connectivity index (χ3v) is 1.28. The Labute approximate surface area is 89.1 Å². The first kappa shape index (κ1) is 13.5. The molecule has 0 bridgehead atoms. The van der Waals surface area contributed by atoms with Crippen LogP contribution >= 0.6 is 0 Å². The SMILES string of the molecule is C/C(=C/C(=O)O)CNC(=O)OC(C)(C)C. The predicted molar refractivity (Wildman–Crippen MR) is 55.6 cm³/mol. The van der Waals surface area contributed by atoms with Gasteiger partial charge in [0, 0.05) is 12.6 Å². The largest absolute Gasteiger partial charge is 0.478 e. The minimum Gasteiger partial charge on any atom is -0.478 e. The molecule has 15 heavy (non-hydrogen) atoms. The zero-order chi connectivity index (χ0) is 12.1. The van der Waals surface area contributed by atoms with Crippen LogP contribution in [0.4, 0.5) is 4.79 Å². The van der Waals surface area contributed by atoms with Crippen LogP contribution in [0.2, 0.25) is 0 Å². The van der Waals surface area contributed by atoms with Gasteiger partial charge in [-0.3, -0.25) is 0 Å². The number of carboxylic acids is 1. The lowest BCUT2D eigenvalue weighted by molar-refractivity contribution is -0.131. The van der Waals surface area contributed by atoms with Crippen LogP contribution < -0.4 is 5.32 Å². The fourth-order valence-electron chi connectivity index (χ4n) is 0.788. The lowest BCUT2D eigenvalue weighted by Gasteiger charge is -2.19. The van der Waals surface area contributed by atoms with E-state index in [0.29, 0.717) is 5.57 Å². The molecule has 86 valence electrons. The summed E-state index contributed by atoms with van der Waals surface area (Å²) >= 11 is 0. The molecule has 1 amide bonds. The number of nitrogens with one attached hydrogen (secondary N) is 1. The first-order valence-electron chi connectivity index (χ1n) is 4.57. The summed E-state index contributed by atoms with van der Waals surface area (Å²) < 4.78 is 4.97. The van der Waals surface area contributed by atoms with Gasteiger partial charge in [0.05, 0.1) is 0 Å². The van der Waals surface area contributed by atoms with Gasteiger partial charge < -0.3 is 15.2 Å². The number of rotatable bonds is 3. The van der Waals surface area contributed by atoms with Gasteiger partial charge in [-0.2, -0.15) is 0 Å². The van der Waals surface area contributed by atoms with E-state index in [4.69, 9.17) is 9.84 Å². The first-order chi connectivity index (χ1) is 6.70. The van der Waals surface area contributed by atoms with Gasteiger partial charge in [-0.05, 0) is 33.3 Å². The highest BCUT2D eigenvalue weighted by molar-refractivity contribution is 5.80. The smallest absolute Gasteiger partial charge is 0.407 e. The van der Waals surface area contributed by atoms with Crippen LogP contribution in [-0.4, -0.2) is 29.3 Å². The Morgan fingerprint density at radius 2 is 1.93 bits per heavy atom. The summed E-state index contributed by atoms with van der Waals surface area (Å²) in [6.45, 7) is 7.05. The number of hydrogen-bond acceptors (Lipinski definition) is 3. The Morgan fingerprint density at radius 1 is 1.40 bits per heavy atom. The Morgan fingerprint density at radius 3 is 2.33 bits per heavy atom. The van der Waals surface area contributed by atoms with Crippen LogP contribution in [0, 0.1) is 0 Å². The fraction of sp³-hybridized carbons (Fsp3) is 0.600. The van der Waals surface area contributed by atoms with E-state index in [-0.39, 0.29) is 6.54 Å². The molecule has 0 rings (SSSR count). The molecule has 0 aliphatic rings. The normalized spacial score (nSPS) is 12.1. The minimum atomic E-state index is -1.03. The molecule has 0 saturated carbocycles. The third-order valence-electron chi connectivity index (χ3n) is 1.28. The Hall–Kier alpha value is -1.52. The van der Waals surface area contributed by atoms with E-state index in [1.807, 2.05) is 0 Å². The summed E-state index contributed by atoms with van der Waals surface area (Å²) in [6, 6.07) is 0. The minimum absolute atomic E-state index is 0.168. The van der Waals surface area contributed by atoms with Crippen LogP contribution in [0.25, 0.3) is 0 Å². The molecular weight excluding hydrogens is 198 g/mol. The highest BCUT2D eigenvalue weighted by Crippen LogP contribution is 2.06. The zero-order valence-corrected chi connectivity index (χ0v) is 9.46. The van der Waals surface area contributed by atoms with Crippen molar-refractivity contribution in [3.8, 4) is 0 Å². The molecule has 0 spiro atoms. The Kier molecular flexibility index (Phi) is 4.84. The molecule has 5 nitrogen and oxygen atoms in total. The van der Waals surface area contributed by atoms with E-state index in [0.717, 1.165) is 6.08 Å². The molecule has 0 aromatic heterocycles. The molecule has 0 aliphatic carbocycles. The standard InChI is InChI=1S/C10H17NO4/c1-7(5-8(12)13)6-11-9(14)15-10(2,3)4/h5H,6H2,1-4H3,(H,11,14)(H,12,13)/b7-5-. The van der Waals surface area contributed by atoms with Crippen LogP contribution in [0.3, 0.4) is 0 Å². The van der Waals surface area contributed by atoms with Gasteiger partial charge in [-0.15, -0.1) is 0 Å². The Bertz CT molecular complexity index is 276. The number of carbonyl (C=O) groups is 2. The van der Waals surface area contributed by atoms with E-state index in [1.165, 1.54) is 0 Å². The zero-order valence-electron chi connectivity index (χ0n) is 9.46. The van der Waals surface area contributed by atoms with Crippen molar-refractivity contribution in [2.24, 2.45) is 0 Å². The van der Waals surface area contributed by atoms with Gasteiger partial charge in [0.1, 0.15) is 5.60 Å². The Balaban J connectivity index is 3.97. The molecule has 0 aromatic rings. The highest BCUT2D eigenvalue weighted by Gasteiger charge is 2.15. The average molecular weight is 215 g/mol. The summed E-state index contributed by atoms with van der Waals surface area (Å²) in [5.74, 6) is -1.03. The van der Waals surface area contributed by atoms with Crippen LogP contribution in [-0.2, 0) is 9.53 Å². The summed E-state index contributed by atoms with van der Waals surface area (Å²) in [5.41, 5.74) is 0.00228. The second kappa shape index (κ2) is 5.38. The third kappa shape index (κ3) is 8.80. The number of amides is 1. The van der Waals surface area contributed by atoms with Gasteiger partial charge >= 0.3 is 12.1 Å². The quantitative estimate of drug-likeness (QED) is 0.700. The van der Waals surface area contributed by atoms with Gasteiger partial charge in [-0.1, -0.05) is 0 Å². The van der Waals surface area contributed by atoms with Crippen molar-refractivity contribution in [1.82, 2.24) is 5.32 Å². The molecule has 0 aliphatic heterocycles. The van der Waals surface area contributed by atoms with Crippen molar-refractivity contribution in [3.63, 3.8) is 0 Å². The lowest BCUT2D eigenvalue weighted by atomic mass is 10.2. The molecule has 0 radical (unpaired) electrons. The molecule has 2 N–H and O–H groups in total. The molecule has 0 aromatic carbocycles. The number of carbonyl (C=O) groups excluding carboxylic acids is 1. The second-order valence-corrected chi connectivity index (χ2v) is 4.18. The molecule has 0 atom stereocenters. The number of aliphatic carboxylic acids is 1. The van der Waals surface area contributed by atoms with E-state index >= 15 is 0 Å². The second-order valence-electron chi connectivity index (χ2n) is 4.18. The van der Waals surface area contributed by atoms with Crippen molar-refractivity contribution < 1.29 is 19.4 Å². The fourth-order valence-corrected chi connectivity index (χ4v) is 0.788. The van der Waals surface area contributed by atoms with E-state index in [1.54, 1.807) is 27.7 Å². The molecule has 0 saturated heterocycles. The van der Waals surface area contributed by atoms with Crippen molar-refractivity contribution in [3.05, 3.63) is 11.6 Å². The van der Waals surface area contributed by atoms with E-state index in [2.05, 4.69) is 5.32 Å². The number of alkyl carbamates (subject to hydrolysis) is 1. The van der Waals surface area contributed by atoms with Gasteiger partial charge in [0.25, 0.3) is 0 Å². The maximum atomic E-state index is 11.1. The topological polar surface area (TPSA) is 75.6 Å². The monoisotopic (exact) mass is 215 g/mol. The van der Waals surface area contributed by atoms with Crippen LogP contribution in [0.1, 0.15) is 27.7 Å². The number of hydrogen-bond donors (Lipinski definition) is 2. The molecule has 0 unspecified atom stereocenters. The average Bonchev–Trinajstić information content (AvgIpc) is 1.96. The van der Waals surface area contributed by atoms with Gasteiger partial charge in [0.15, 0.2) is 0 Å². The van der Waals surface area contributed by atoms with E-state index in [9.17, 15) is 9.59 Å². The van der Waals surface area contributed by atoms with E-state index < -0.39 is 17.7 Å². The van der Waals surface area contributed by atoms with Crippen molar-refractivity contribution in [2.45, 2.75) is 33.3 Å². The van der Waals surface area contributed by atoms with Crippen molar-refractivity contribution >= 4 is 12.1 Å². The maximum Gasteiger partial charge on any atom is 0.407 e. The number of ether oxygens (including phenoxy) is 1. The molecule has 0 fully saturated rings. The summed E-state index contributed by atoms with van der Waals surface area (Å²) in [4.78, 5) is 21.4. The van der Waals surface area contributed by atoms with Crippen molar-refractivity contribution in [2.75, 3.05) is 6.54 Å². The number of carboxylic acid groups (broad SMARTS) is 1. The predicted octanol–water partition coefficient (Wildman–Crippen LogP) is 1.54. The summed E-state index contributed by atoms with van der Waals surface area (Å²) in [7, 11) is 0. The molecule has 0 heterocycles. The van der Waals surface area contributed by atoms with Crippen LogP contribution in [0.15, 0.2) is 11.6 Å². The lowest BCUT2D eigenvalue weighted by Crippen LogP contribution is -2.33. The van der Waals surface area contributed by atoms with Gasteiger partial charge in [0.2, 0.25) is 0 Å². The molecule has 5 heteroatoms. The first-order valence-corrected chi connectivity index (χ1v) is 4.57. The summed E-state index contributed by atoms with van der Waals surface area (Å²) in [5, 5.41) is 10.9. The maximum absolute atomic E-state index is 11.1. The highest BCUT2D eigenvalue weighted by atomic mass is 16.6. The molecular formula is C10H17NO4. The van der Waals surface area contributed by atoms with Crippen LogP contribution in [0.5, 0.6) is 0 Å². The van der Waals surface area contributed by atoms with Gasteiger partial charge in [-0.25, -0.2) is 9.59 Å². The van der Waals surface area contributed by atoms with Crippen molar-refractivity contribution in [1.29, 1.82) is 0 Å².